The lowest BCUT2D eigenvalue weighted by Crippen LogP contribution is -2.27. The van der Waals surface area contributed by atoms with Gasteiger partial charge in [0.25, 0.3) is 12.3 Å². The Hall–Kier alpha value is -4.01. The fraction of sp³-hybridized carbons (Fsp3) is 0.208. The molecule has 0 saturated carbocycles. The number of carboxylic acids is 1. The van der Waals surface area contributed by atoms with E-state index in [1.165, 1.54) is 13.1 Å². The first kappa shape index (κ1) is 23.6. The molecule has 1 aromatic heterocycles. The first-order valence-electron chi connectivity index (χ1n) is 10.0. The van der Waals surface area contributed by atoms with Gasteiger partial charge in [0, 0.05) is 7.05 Å². The summed E-state index contributed by atoms with van der Waals surface area (Å²) in [6.45, 7) is 6.99. The highest BCUT2D eigenvalue weighted by Gasteiger charge is 2.30. The van der Waals surface area contributed by atoms with E-state index in [0.29, 0.717) is 16.9 Å². The molecule has 0 spiro atoms. The van der Waals surface area contributed by atoms with E-state index in [2.05, 4.69) is 17.0 Å². The van der Waals surface area contributed by atoms with Gasteiger partial charge in [0.05, 0.1) is 11.6 Å². The summed E-state index contributed by atoms with van der Waals surface area (Å²) in [5.41, 5.74) is 0.957. The molecule has 1 atom stereocenters. The minimum absolute atomic E-state index is 0.131. The van der Waals surface area contributed by atoms with Gasteiger partial charge in [0.2, 0.25) is 5.88 Å². The first-order valence-corrected chi connectivity index (χ1v) is 10.0. The number of amides is 1. The molecule has 0 aliphatic heterocycles. The van der Waals surface area contributed by atoms with E-state index in [0.717, 1.165) is 10.2 Å². The van der Waals surface area contributed by atoms with E-state index < -0.39 is 30.0 Å². The van der Waals surface area contributed by atoms with E-state index in [1.807, 2.05) is 0 Å². The Morgan fingerprint density at radius 3 is 2.58 bits per heavy atom. The number of nitrogens with one attached hydrogen (secondary N) is 1. The van der Waals surface area contributed by atoms with Crippen LogP contribution in [0.5, 0.6) is 11.6 Å². The van der Waals surface area contributed by atoms with Gasteiger partial charge >= 0.3 is 5.97 Å². The van der Waals surface area contributed by atoms with Gasteiger partial charge in [-0.15, -0.1) is 0 Å². The molecule has 0 aliphatic carbocycles. The predicted octanol–water partition coefficient (Wildman–Crippen LogP) is 5.29. The van der Waals surface area contributed by atoms with Crippen LogP contribution in [0, 0.1) is 6.92 Å². The maximum Gasteiger partial charge on any atom is 0.335 e. The van der Waals surface area contributed by atoms with Crippen molar-refractivity contribution in [3.8, 4) is 11.6 Å². The Bertz CT molecular complexity index is 1220. The number of hydrogen-bond acceptors (Lipinski definition) is 4. The summed E-state index contributed by atoms with van der Waals surface area (Å²) in [6, 6.07) is 10.8. The lowest BCUT2D eigenvalue weighted by atomic mass is 10.0. The van der Waals surface area contributed by atoms with Gasteiger partial charge in [-0.1, -0.05) is 36.9 Å². The molecule has 1 amide bonds. The van der Waals surface area contributed by atoms with Crippen molar-refractivity contribution >= 4 is 18.0 Å². The minimum Gasteiger partial charge on any atom is -0.478 e. The molecule has 3 rings (SSSR count). The average Bonchev–Trinajstić information content (AvgIpc) is 3.09. The average molecular weight is 455 g/mol. The molecule has 2 N–H and O–H groups in total. The summed E-state index contributed by atoms with van der Waals surface area (Å²) in [5, 5.41) is 15.7. The van der Waals surface area contributed by atoms with Crippen LogP contribution in [0.2, 0.25) is 0 Å². The van der Waals surface area contributed by atoms with Crippen molar-refractivity contribution < 1.29 is 28.2 Å². The zero-order chi connectivity index (χ0) is 24.3. The van der Waals surface area contributed by atoms with Crippen molar-refractivity contribution in [2.45, 2.75) is 26.3 Å². The summed E-state index contributed by atoms with van der Waals surface area (Å²) in [6.07, 6.45) is -1.39. The molecule has 0 aliphatic rings. The van der Waals surface area contributed by atoms with Crippen molar-refractivity contribution in [2.75, 3.05) is 0 Å². The third kappa shape index (κ3) is 5.08. The molecule has 1 heterocycles. The highest BCUT2D eigenvalue weighted by atomic mass is 19.3. The molecule has 0 radical (unpaired) electrons. The number of hydrogen-bond donors (Lipinski definition) is 2. The van der Waals surface area contributed by atoms with Crippen molar-refractivity contribution in [1.82, 2.24) is 15.1 Å². The van der Waals surface area contributed by atoms with Crippen molar-refractivity contribution in [1.29, 1.82) is 0 Å². The Balaban J connectivity index is 1.93. The standard InChI is InChI=1S/C24H23F2N3O4/c1-5-15-7-6-8-17(12-15)33-23-19(20(21(25)26)28-29(23)4)22(30)27-14(3)16-9-10-18(24(31)32)13(2)11-16/h5-12,14,21H,1H2,2-4H3,(H,27,30)(H,31,32). The minimum atomic E-state index is -3.00. The van der Waals surface area contributed by atoms with E-state index in [4.69, 9.17) is 4.74 Å². The zero-order valence-electron chi connectivity index (χ0n) is 18.3. The van der Waals surface area contributed by atoms with Crippen LogP contribution < -0.4 is 10.1 Å². The van der Waals surface area contributed by atoms with Crippen LogP contribution in [0.4, 0.5) is 8.78 Å². The van der Waals surface area contributed by atoms with Crippen molar-refractivity contribution in [3.05, 3.63) is 82.6 Å². The van der Waals surface area contributed by atoms with Crippen molar-refractivity contribution in [3.63, 3.8) is 0 Å². The second-order valence-corrected chi connectivity index (χ2v) is 7.44. The third-order valence-electron chi connectivity index (χ3n) is 5.09. The van der Waals surface area contributed by atoms with Crippen LogP contribution in [0.25, 0.3) is 6.08 Å². The van der Waals surface area contributed by atoms with Crippen LogP contribution in [-0.2, 0) is 7.05 Å². The van der Waals surface area contributed by atoms with Crippen LogP contribution in [0.1, 0.15) is 62.5 Å². The molecule has 7 nitrogen and oxygen atoms in total. The molecular weight excluding hydrogens is 432 g/mol. The number of carbonyl (C=O) groups excluding carboxylic acids is 1. The summed E-state index contributed by atoms with van der Waals surface area (Å²) in [4.78, 5) is 24.3. The Kier molecular flexibility index (Phi) is 6.91. The maximum absolute atomic E-state index is 13.7. The number of halogens is 2. The molecule has 0 saturated heterocycles. The van der Waals surface area contributed by atoms with E-state index >= 15 is 0 Å². The molecule has 33 heavy (non-hydrogen) atoms. The monoisotopic (exact) mass is 455 g/mol. The molecule has 3 aromatic rings. The van der Waals surface area contributed by atoms with Gasteiger partial charge in [-0.25, -0.2) is 18.3 Å². The molecule has 0 bridgehead atoms. The third-order valence-corrected chi connectivity index (χ3v) is 5.09. The van der Waals surface area contributed by atoms with Gasteiger partial charge < -0.3 is 15.2 Å². The number of aryl methyl sites for hydroxylation is 2. The number of carboxylic acid groups (broad SMARTS) is 1. The van der Waals surface area contributed by atoms with Crippen LogP contribution in [0.15, 0.2) is 49.0 Å². The van der Waals surface area contributed by atoms with Crippen LogP contribution >= 0.6 is 0 Å². The first-order chi connectivity index (χ1) is 15.6. The Morgan fingerprint density at radius 2 is 1.97 bits per heavy atom. The van der Waals surface area contributed by atoms with Gasteiger partial charge in [-0.3, -0.25) is 4.79 Å². The highest BCUT2D eigenvalue weighted by molar-refractivity contribution is 5.98. The zero-order valence-corrected chi connectivity index (χ0v) is 18.3. The number of benzene rings is 2. The Labute approximate surface area is 189 Å². The largest absolute Gasteiger partial charge is 0.478 e. The second-order valence-electron chi connectivity index (χ2n) is 7.44. The second kappa shape index (κ2) is 9.64. The lowest BCUT2D eigenvalue weighted by molar-refractivity contribution is 0.0695. The van der Waals surface area contributed by atoms with Gasteiger partial charge in [0.1, 0.15) is 17.0 Å². The number of nitrogens with zero attached hydrogens (tertiary/aromatic N) is 2. The molecule has 0 fully saturated rings. The number of ether oxygens (including phenoxy) is 1. The molecule has 1 unspecified atom stereocenters. The highest BCUT2D eigenvalue weighted by Crippen LogP contribution is 2.33. The van der Waals surface area contributed by atoms with E-state index in [1.54, 1.807) is 56.3 Å². The van der Waals surface area contributed by atoms with Crippen LogP contribution in [-0.4, -0.2) is 26.8 Å². The molecule has 9 heteroatoms. The van der Waals surface area contributed by atoms with Crippen molar-refractivity contribution in [2.24, 2.45) is 7.05 Å². The maximum atomic E-state index is 13.7. The summed E-state index contributed by atoms with van der Waals surface area (Å²) >= 11 is 0. The van der Waals surface area contributed by atoms with Gasteiger partial charge in [-0.05, 0) is 48.7 Å². The predicted molar refractivity (Wildman–Crippen MR) is 119 cm³/mol. The fourth-order valence-electron chi connectivity index (χ4n) is 3.38. The number of rotatable bonds is 8. The molecule has 2 aromatic carbocycles. The number of aromatic nitrogens is 2. The quantitative estimate of drug-likeness (QED) is 0.481. The SMILES string of the molecule is C=Cc1cccc(Oc2c(C(=O)NC(C)c3ccc(C(=O)O)c(C)c3)c(C(F)F)nn2C)c1. The smallest absolute Gasteiger partial charge is 0.335 e. The van der Waals surface area contributed by atoms with Gasteiger partial charge in [0.15, 0.2) is 0 Å². The number of carbonyl (C=O) groups is 2. The van der Waals surface area contributed by atoms with Crippen LogP contribution in [0.3, 0.4) is 0 Å². The molecular formula is C24H23F2N3O4. The lowest BCUT2D eigenvalue weighted by Gasteiger charge is -2.16. The fourth-order valence-corrected chi connectivity index (χ4v) is 3.38. The number of alkyl halides is 2. The van der Waals surface area contributed by atoms with E-state index in [-0.39, 0.29) is 17.0 Å². The summed E-state index contributed by atoms with van der Waals surface area (Å²) in [7, 11) is 1.41. The normalized spacial score (nSPS) is 11.8. The topological polar surface area (TPSA) is 93.4 Å². The summed E-state index contributed by atoms with van der Waals surface area (Å²) in [5.74, 6) is -1.65. The number of aromatic carboxylic acids is 1. The van der Waals surface area contributed by atoms with E-state index in [9.17, 15) is 23.5 Å². The Morgan fingerprint density at radius 1 is 1.24 bits per heavy atom. The van der Waals surface area contributed by atoms with Gasteiger partial charge in [-0.2, -0.15) is 5.10 Å². The molecule has 172 valence electrons. The summed E-state index contributed by atoms with van der Waals surface area (Å²) < 4.78 is 34.3.